The Labute approximate surface area is 119 Å². The maximum absolute atomic E-state index is 5.42. The Bertz CT molecular complexity index is 600. The summed E-state index contributed by atoms with van der Waals surface area (Å²) in [7, 11) is 3.27. The quantitative estimate of drug-likeness (QED) is 0.907. The van der Waals surface area contributed by atoms with Crippen molar-refractivity contribution in [3.63, 3.8) is 0 Å². The predicted octanol–water partition coefficient (Wildman–Crippen LogP) is 2.90. The van der Waals surface area contributed by atoms with Crippen molar-refractivity contribution in [2.75, 3.05) is 26.1 Å². The van der Waals surface area contributed by atoms with Crippen LogP contribution in [-0.4, -0.2) is 30.7 Å². The molecule has 1 N–H and O–H groups in total. The highest BCUT2D eigenvalue weighted by molar-refractivity contribution is 5.70. The van der Waals surface area contributed by atoms with E-state index in [1.165, 1.54) is 0 Å². The summed E-state index contributed by atoms with van der Waals surface area (Å²) in [5, 5.41) is 3.20. The van der Waals surface area contributed by atoms with Gasteiger partial charge < -0.3 is 14.8 Å². The summed E-state index contributed by atoms with van der Waals surface area (Å²) in [6, 6.07) is 7.60. The Morgan fingerprint density at radius 2 is 1.90 bits per heavy atom. The second kappa shape index (κ2) is 6.23. The van der Waals surface area contributed by atoms with Crippen LogP contribution in [0.1, 0.15) is 12.7 Å². The Morgan fingerprint density at radius 3 is 2.55 bits per heavy atom. The molecular weight excluding hydrogens is 254 g/mol. The van der Waals surface area contributed by atoms with Crippen LogP contribution < -0.4 is 14.8 Å². The fourth-order valence-corrected chi connectivity index (χ4v) is 1.99. The molecular formula is C15H19N3O2. The molecule has 2 aromatic rings. The van der Waals surface area contributed by atoms with Gasteiger partial charge in [0.25, 0.3) is 0 Å². The summed E-state index contributed by atoms with van der Waals surface area (Å²) < 4.78 is 10.6. The lowest BCUT2D eigenvalue weighted by Crippen LogP contribution is -2.03. The smallest absolute Gasteiger partial charge is 0.131 e. The molecule has 5 heteroatoms. The number of hydrogen-bond acceptors (Lipinski definition) is 5. The van der Waals surface area contributed by atoms with E-state index < -0.39 is 0 Å². The highest BCUT2D eigenvalue weighted by Crippen LogP contribution is 2.32. The third-order valence-corrected chi connectivity index (χ3v) is 2.88. The molecule has 0 atom stereocenters. The predicted molar refractivity (Wildman–Crippen MR) is 79.5 cm³/mol. The first-order valence-electron chi connectivity index (χ1n) is 6.50. The summed E-state index contributed by atoms with van der Waals surface area (Å²) >= 11 is 0. The minimum absolute atomic E-state index is 0.719. The van der Waals surface area contributed by atoms with Crippen molar-refractivity contribution in [2.45, 2.75) is 13.8 Å². The lowest BCUT2D eigenvalue weighted by atomic mass is 10.1. The summed E-state index contributed by atoms with van der Waals surface area (Å²) in [5.74, 6) is 3.01. The molecule has 0 radical (unpaired) electrons. The van der Waals surface area contributed by atoms with Crippen molar-refractivity contribution < 1.29 is 9.47 Å². The van der Waals surface area contributed by atoms with Crippen LogP contribution in [-0.2, 0) is 0 Å². The van der Waals surface area contributed by atoms with Crippen molar-refractivity contribution in [3.05, 3.63) is 30.1 Å². The molecule has 1 aromatic carbocycles. The first-order valence-corrected chi connectivity index (χ1v) is 6.50. The van der Waals surface area contributed by atoms with Crippen LogP contribution in [0.4, 0.5) is 5.82 Å². The van der Waals surface area contributed by atoms with Gasteiger partial charge in [-0.2, -0.15) is 0 Å². The number of hydrogen-bond donors (Lipinski definition) is 1. The summed E-state index contributed by atoms with van der Waals surface area (Å²) in [6.07, 6.45) is 0. The summed E-state index contributed by atoms with van der Waals surface area (Å²) in [6.45, 7) is 4.72. The number of nitrogens with one attached hydrogen (secondary N) is 1. The highest BCUT2D eigenvalue weighted by Gasteiger charge is 2.11. The normalized spacial score (nSPS) is 10.2. The molecule has 0 aliphatic rings. The number of methoxy groups -OCH3 is 2. The van der Waals surface area contributed by atoms with E-state index in [2.05, 4.69) is 15.3 Å². The molecule has 1 aromatic heterocycles. The molecule has 0 spiro atoms. The molecule has 0 amide bonds. The van der Waals surface area contributed by atoms with Crippen LogP contribution in [0.2, 0.25) is 0 Å². The van der Waals surface area contributed by atoms with E-state index in [9.17, 15) is 0 Å². The molecule has 0 bridgehead atoms. The number of nitrogens with zero attached hydrogens (tertiary/aromatic N) is 2. The SMILES string of the molecule is CCNc1cc(-c2ccc(OC)cc2OC)nc(C)n1. The molecule has 5 nitrogen and oxygen atoms in total. The van der Waals surface area contributed by atoms with Gasteiger partial charge in [-0.15, -0.1) is 0 Å². The van der Waals surface area contributed by atoms with Crippen molar-refractivity contribution in [3.8, 4) is 22.8 Å². The number of anilines is 1. The van der Waals surface area contributed by atoms with Gasteiger partial charge in [0.15, 0.2) is 0 Å². The number of ether oxygens (including phenoxy) is 2. The second-order valence-electron chi connectivity index (χ2n) is 4.28. The fraction of sp³-hybridized carbons (Fsp3) is 0.333. The van der Waals surface area contributed by atoms with E-state index in [0.717, 1.165) is 40.9 Å². The van der Waals surface area contributed by atoms with Gasteiger partial charge in [0.05, 0.1) is 19.9 Å². The maximum Gasteiger partial charge on any atom is 0.131 e. The summed E-state index contributed by atoms with van der Waals surface area (Å²) in [5.41, 5.74) is 1.74. The minimum atomic E-state index is 0.719. The number of rotatable bonds is 5. The molecule has 0 saturated carbocycles. The summed E-state index contributed by atoms with van der Waals surface area (Å²) in [4.78, 5) is 8.83. The lowest BCUT2D eigenvalue weighted by Gasteiger charge is -2.11. The number of aryl methyl sites for hydroxylation is 1. The van der Waals surface area contributed by atoms with Crippen LogP contribution in [0.3, 0.4) is 0 Å². The van der Waals surface area contributed by atoms with Gasteiger partial charge in [-0.05, 0) is 26.0 Å². The van der Waals surface area contributed by atoms with Gasteiger partial charge in [-0.25, -0.2) is 9.97 Å². The lowest BCUT2D eigenvalue weighted by molar-refractivity contribution is 0.395. The van der Waals surface area contributed by atoms with E-state index >= 15 is 0 Å². The zero-order valence-electron chi connectivity index (χ0n) is 12.2. The molecule has 0 saturated heterocycles. The first-order chi connectivity index (χ1) is 9.67. The average molecular weight is 273 g/mol. The minimum Gasteiger partial charge on any atom is -0.497 e. The Hall–Kier alpha value is -2.30. The van der Waals surface area contributed by atoms with E-state index in [1.807, 2.05) is 38.1 Å². The standard InChI is InChI=1S/C15H19N3O2/c1-5-16-15-9-13(17-10(2)18-15)12-7-6-11(19-3)8-14(12)20-4/h6-9H,5H2,1-4H3,(H,16,17,18). The molecule has 0 aliphatic heterocycles. The first kappa shape index (κ1) is 14.1. The van der Waals surface area contributed by atoms with Gasteiger partial charge in [0, 0.05) is 24.2 Å². The van der Waals surface area contributed by atoms with E-state index in [4.69, 9.17) is 9.47 Å². The molecule has 0 aliphatic carbocycles. The van der Waals surface area contributed by atoms with Crippen molar-refractivity contribution in [1.82, 2.24) is 9.97 Å². The van der Waals surface area contributed by atoms with E-state index in [0.29, 0.717) is 0 Å². The topological polar surface area (TPSA) is 56.3 Å². The van der Waals surface area contributed by atoms with E-state index in [-0.39, 0.29) is 0 Å². The second-order valence-corrected chi connectivity index (χ2v) is 4.28. The zero-order chi connectivity index (χ0) is 14.5. The Kier molecular flexibility index (Phi) is 4.40. The molecule has 1 heterocycles. The largest absolute Gasteiger partial charge is 0.497 e. The van der Waals surface area contributed by atoms with Gasteiger partial charge in [0.2, 0.25) is 0 Å². The van der Waals surface area contributed by atoms with Crippen molar-refractivity contribution in [1.29, 1.82) is 0 Å². The maximum atomic E-state index is 5.42. The van der Waals surface area contributed by atoms with Crippen molar-refractivity contribution in [2.24, 2.45) is 0 Å². The third kappa shape index (κ3) is 2.99. The average Bonchev–Trinajstić information content (AvgIpc) is 2.46. The van der Waals surface area contributed by atoms with Gasteiger partial charge in [0.1, 0.15) is 23.1 Å². The van der Waals surface area contributed by atoms with Gasteiger partial charge >= 0.3 is 0 Å². The van der Waals surface area contributed by atoms with Crippen LogP contribution >= 0.6 is 0 Å². The Morgan fingerprint density at radius 1 is 1.10 bits per heavy atom. The molecule has 20 heavy (non-hydrogen) atoms. The molecule has 0 fully saturated rings. The molecule has 0 unspecified atom stereocenters. The Balaban J connectivity index is 2.50. The van der Waals surface area contributed by atoms with Crippen LogP contribution in [0, 0.1) is 6.92 Å². The van der Waals surface area contributed by atoms with Crippen LogP contribution in [0.15, 0.2) is 24.3 Å². The molecule has 106 valence electrons. The van der Waals surface area contributed by atoms with Crippen molar-refractivity contribution >= 4 is 5.82 Å². The fourth-order valence-electron chi connectivity index (χ4n) is 1.99. The molecule has 2 rings (SSSR count). The van der Waals surface area contributed by atoms with E-state index in [1.54, 1.807) is 14.2 Å². The monoisotopic (exact) mass is 273 g/mol. The van der Waals surface area contributed by atoms with Crippen LogP contribution in [0.25, 0.3) is 11.3 Å². The van der Waals surface area contributed by atoms with Gasteiger partial charge in [-0.3, -0.25) is 0 Å². The number of benzene rings is 1. The number of aromatic nitrogens is 2. The van der Waals surface area contributed by atoms with Crippen LogP contribution in [0.5, 0.6) is 11.5 Å². The highest BCUT2D eigenvalue weighted by atomic mass is 16.5. The zero-order valence-corrected chi connectivity index (χ0v) is 12.2. The third-order valence-electron chi connectivity index (χ3n) is 2.88. The van der Waals surface area contributed by atoms with Gasteiger partial charge in [-0.1, -0.05) is 0 Å².